The van der Waals surface area contributed by atoms with Crippen LogP contribution in [-0.4, -0.2) is 22.8 Å². The van der Waals surface area contributed by atoms with Crippen LogP contribution in [0.3, 0.4) is 0 Å². The molecule has 1 aromatic heterocycles. The summed E-state index contributed by atoms with van der Waals surface area (Å²) in [6.07, 6.45) is 0.486. The molecule has 4 nitrogen and oxygen atoms in total. The summed E-state index contributed by atoms with van der Waals surface area (Å²) in [6, 6.07) is 9.14. The number of nitrogens with two attached hydrogens (primary N) is 1. The lowest BCUT2D eigenvalue weighted by Crippen LogP contribution is -2.51. The molecular weight excluding hydrogens is 284 g/mol. The third kappa shape index (κ3) is 2.56. The number of primary amides is 1. The van der Waals surface area contributed by atoms with Gasteiger partial charge in [-0.15, -0.1) is 11.3 Å². The van der Waals surface area contributed by atoms with Crippen molar-refractivity contribution in [3.05, 3.63) is 57.3 Å². The zero-order valence-corrected chi connectivity index (χ0v) is 12.5. The van der Waals surface area contributed by atoms with E-state index in [1.165, 1.54) is 11.3 Å². The first-order valence-corrected chi connectivity index (χ1v) is 7.66. The molecule has 1 aromatic carbocycles. The van der Waals surface area contributed by atoms with Gasteiger partial charge < -0.3 is 10.6 Å². The first kappa shape index (κ1) is 13.8. The van der Waals surface area contributed by atoms with Crippen LogP contribution in [0.2, 0.25) is 0 Å². The lowest BCUT2D eigenvalue weighted by Gasteiger charge is -2.35. The summed E-state index contributed by atoms with van der Waals surface area (Å²) < 4.78 is 0. The molecule has 0 radical (unpaired) electrons. The molecule has 2 N–H and O–H groups in total. The van der Waals surface area contributed by atoms with E-state index in [1.54, 1.807) is 4.90 Å². The lowest BCUT2D eigenvalue weighted by molar-refractivity contribution is -0.122. The fraction of sp³-hybridized carbons (Fsp3) is 0.250. The van der Waals surface area contributed by atoms with Crippen LogP contribution in [0.1, 0.15) is 26.4 Å². The predicted octanol–water partition coefficient (Wildman–Crippen LogP) is 2.11. The van der Waals surface area contributed by atoms with Crippen molar-refractivity contribution >= 4 is 23.2 Å². The van der Waals surface area contributed by atoms with Crippen LogP contribution in [-0.2, 0) is 17.8 Å². The Bertz CT molecular complexity index is 708. The second-order valence-corrected chi connectivity index (χ2v) is 6.39. The number of nitrogens with zero attached hydrogens (tertiary/aromatic N) is 1. The Hall–Kier alpha value is -2.14. The number of hydrogen-bond donors (Lipinski definition) is 1. The first-order valence-electron chi connectivity index (χ1n) is 6.78. The van der Waals surface area contributed by atoms with Crippen molar-refractivity contribution in [2.24, 2.45) is 5.73 Å². The molecule has 1 aliphatic heterocycles. The van der Waals surface area contributed by atoms with Crippen molar-refractivity contribution in [1.82, 2.24) is 4.90 Å². The molecule has 1 atom stereocenters. The van der Waals surface area contributed by atoms with E-state index in [0.717, 1.165) is 16.0 Å². The van der Waals surface area contributed by atoms with Gasteiger partial charge in [-0.2, -0.15) is 0 Å². The number of carbonyl (C=O) groups excluding carboxylic acids is 2. The average molecular weight is 300 g/mol. The van der Waals surface area contributed by atoms with Crippen LogP contribution in [0.25, 0.3) is 0 Å². The largest absolute Gasteiger partial charge is 0.368 e. The van der Waals surface area contributed by atoms with E-state index in [4.69, 9.17) is 5.73 Å². The predicted molar refractivity (Wildman–Crippen MR) is 82.1 cm³/mol. The Balaban J connectivity index is 1.96. The Morgan fingerprint density at radius 1 is 1.29 bits per heavy atom. The summed E-state index contributed by atoms with van der Waals surface area (Å²) in [5, 5.41) is 1.83. The van der Waals surface area contributed by atoms with E-state index in [0.29, 0.717) is 18.5 Å². The van der Waals surface area contributed by atoms with Crippen LogP contribution in [0.4, 0.5) is 0 Å². The quantitative estimate of drug-likeness (QED) is 0.923. The van der Waals surface area contributed by atoms with Crippen LogP contribution >= 0.6 is 11.3 Å². The Labute approximate surface area is 127 Å². The van der Waals surface area contributed by atoms with Gasteiger partial charge in [0.15, 0.2) is 0 Å². The van der Waals surface area contributed by atoms with E-state index < -0.39 is 11.9 Å². The molecule has 0 saturated heterocycles. The van der Waals surface area contributed by atoms with Crippen molar-refractivity contribution in [2.75, 3.05) is 0 Å². The van der Waals surface area contributed by atoms with Gasteiger partial charge in [0.2, 0.25) is 5.91 Å². The van der Waals surface area contributed by atoms with E-state index in [-0.39, 0.29) is 5.91 Å². The molecule has 21 heavy (non-hydrogen) atoms. The number of fused-ring (bicyclic) bond motifs is 1. The SMILES string of the molecule is Cc1cc(C(=O)N2Cc3ccccc3C[C@H]2C(N)=O)cs1. The topological polar surface area (TPSA) is 63.4 Å². The molecule has 2 heterocycles. The van der Waals surface area contributed by atoms with E-state index in [1.807, 2.05) is 42.6 Å². The minimum Gasteiger partial charge on any atom is -0.368 e. The molecule has 0 unspecified atom stereocenters. The number of hydrogen-bond acceptors (Lipinski definition) is 3. The first-order chi connectivity index (χ1) is 10.1. The molecule has 0 fully saturated rings. The lowest BCUT2D eigenvalue weighted by atomic mass is 9.93. The van der Waals surface area contributed by atoms with Gasteiger partial charge in [0.05, 0.1) is 5.56 Å². The maximum atomic E-state index is 12.7. The summed E-state index contributed by atoms with van der Waals surface area (Å²) in [5.74, 6) is -0.581. The third-order valence-electron chi connectivity index (χ3n) is 3.82. The Kier molecular flexibility index (Phi) is 3.51. The highest BCUT2D eigenvalue weighted by Crippen LogP contribution is 2.26. The van der Waals surface area contributed by atoms with Gasteiger partial charge in [-0.1, -0.05) is 24.3 Å². The van der Waals surface area contributed by atoms with Crippen LogP contribution < -0.4 is 5.73 Å². The minimum atomic E-state index is -0.576. The van der Waals surface area contributed by atoms with E-state index >= 15 is 0 Å². The number of aryl methyl sites for hydroxylation is 1. The molecule has 0 bridgehead atoms. The molecule has 3 rings (SSSR count). The van der Waals surface area contributed by atoms with Gasteiger partial charge >= 0.3 is 0 Å². The van der Waals surface area contributed by atoms with Crippen molar-refractivity contribution in [2.45, 2.75) is 25.9 Å². The van der Waals surface area contributed by atoms with Gasteiger partial charge in [-0.05, 0) is 24.1 Å². The Morgan fingerprint density at radius 2 is 2.00 bits per heavy atom. The fourth-order valence-corrected chi connectivity index (χ4v) is 3.39. The van der Waals surface area contributed by atoms with Crippen LogP contribution in [0.15, 0.2) is 35.7 Å². The van der Waals surface area contributed by atoms with E-state index in [9.17, 15) is 9.59 Å². The highest BCUT2D eigenvalue weighted by molar-refractivity contribution is 7.10. The highest BCUT2D eigenvalue weighted by Gasteiger charge is 2.33. The second-order valence-electron chi connectivity index (χ2n) is 5.27. The van der Waals surface area contributed by atoms with E-state index in [2.05, 4.69) is 0 Å². The molecule has 1 aliphatic rings. The number of amides is 2. The fourth-order valence-electron chi connectivity index (χ4n) is 2.71. The maximum Gasteiger partial charge on any atom is 0.255 e. The smallest absolute Gasteiger partial charge is 0.255 e. The normalized spacial score (nSPS) is 17.4. The van der Waals surface area contributed by atoms with Crippen LogP contribution in [0.5, 0.6) is 0 Å². The molecule has 0 aliphatic carbocycles. The zero-order valence-electron chi connectivity index (χ0n) is 11.7. The molecule has 0 spiro atoms. The average Bonchev–Trinajstić information content (AvgIpc) is 2.91. The monoisotopic (exact) mass is 300 g/mol. The van der Waals surface area contributed by atoms with Gasteiger partial charge in [0, 0.05) is 23.2 Å². The van der Waals surface area contributed by atoms with Gasteiger partial charge in [0.25, 0.3) is 5.91 Å². The minimum absolute atomic E-state index is 0.127. The third-order valence-corrected chi connectivity index (χ3v) is 4.68. The summed E-state index contributed by atoms with van der Waals surface area (Å²) in [5.41, 5.74) is 8.30. The number of rotatable bonds is 2. The van der Waals surface area contributed by atoms with Gasteiger partial charge in [-0.3, -0.25) is 9.59 Å². The van der Waals surface area contributed by atoms with Crippen molar-refractivity contribution in [3.63, 3.8) is 0 Å². The van der Waals surface area contributed by atoms with Crippen molar-refractivity contribution in [1.29, 1.82) is 0 Å². The molecule has 0 saturated carbocycles. The van der Waals surface area contributed by atoms with Crippen LogP contribution in [0, 0.1) is 6.92 Å². The standard InChI is InChI=1S/C16H16N2O2S/c1-10-6-13(9-21-10)16(20)18-8-12-5-3-2-4-11(12)7-14(18)15(17)19/h2-6,9,14H,7-8H2,1H3,(H2,17,19)/t14-/m0/s1. The highest BCUT2D eigenvalue weighted by atomic mass is 32.1. The van der Waals surface area contributed by atoms with Gasteiger partial charge in [-0.25, -0.2) is 0 Å². The molecule has 2 aromatic rings. The molecule has 108 valence electrons. The summed E-state index contributed by atoms with van der Waals surface area (Å²) in [7, 11) is 0. The Morgan fingerprint density at radius 3 is 2.62 bits per heavy atom. The molecule has 5 heteroatoms. The van der Waals surface area contributed by atoms with Crippen molar-refractivity contribution in [3.8, 4) is 0 Å². The van der Waals surface area contributed by atoms with Crippen molar-refractivity contribution < 1.29 is 9.59 Å². The summed E-state index contributed by atoms with van der Waals surface area (Å²) in [4.78, 5) is 27.1. The number of carbonyl (C=O) groups is 2. The number of thiophene rings is 1. The molecule has 2 amide bonds. The number of benzene rings is 1. The molecular formula is C16H16N2O2S. The second kappa shape index (κ2) is 5.33. The summed E-state index contributed by atoms with van der Waals surface area (Å²) in [6.45, 7) is 2.38. The zero-order chi connectivity index (χ0) is 15.0. The summed E-state index contributed by atoms with van der Waals surface area (Å²) >= 11 is 1.53. The maximum absolute atomic E-state index is 12.7. The van der Waals surface area contributed by atoms with Gasteiger partial charge in [0.1, 0.15) is 6.04 Å².